The van der Waals surface area contributed by atoms with Crippen LogP contribution in [0.15, 0.2) is 0 Å². The highest BCUT2D eigenvalue weighted by atomic mass is 16.8. The van der Waals surface area contributed by atoms with Gasteiger partial charge in [0.2, 0.25) is 0 Å². The van der Waals surface area contributed by atoms with E-state index in [0.717, 1.165) is 6.42 Å². The van der Waals surface area contributed by atoms with Crippen LogP contribution in [0.2, 0.25) is 0 Å². The molecule has 2 aliphatic rings. The fraction of sp³-hybridized carbons (Fsp3) is 1.00. The normalized spacial score (nSPS) is 42.2. The van der Waals surface area contributed by atoms with Gasteiger partial charge in [0.25, 0.3) is 8.05 Å². The van der Waals surface area contributed by atoms with Crippen molar-refractivity contribution in [3.05, 3.63) is 0 Å². The Morgan fingerprint density at radius 3 is 2.85 bits per heavy atom. The highest BCUT2D eigenvalue weighted by Crippen LogP contribution is 2.36. The van der Waals surface area contributed by atoms with Crippen molar-refractivity contribution in [2.45, 2.75) is 44.6 Å². The smallest absolute Gasteiger partial charge is 0.257 e. The molecule has 3 unspecified atom stereocenters. The summed E-state index contributed by atoms with van der Waals surface area (Å²) in [6.07, 6.45) is 0.864. The van der Waals surface area contributed by atoms with Gasteiger partial charge in [-0.25, -0.2) is 0 Å². The molecule has 0 saturated carbocycles. The summed E-state index contributed by atoms with van der Waals surface area (Å²) in [5.41, 5.74) is 0. The molecule has 74 valence electrons. The van der Waals surface area contributed by atoms with E-state index in [1.54, 1.807) is 8.05 Å². The first-order chi connectivity index (χ1) is 6.11. The van der Waals surface area contributed by atoms with Crippen LogP contribution in [0.3, 0.4) is 0 Å². The molecule has 4 nitrogen and oxygen atoms in total. The molecule has 5 heteroatoms. The maximum Gasteiger partial charge on any atom is 0.257 e. The van der Waals surface area contributed by atoms with Gasteiger partial charge in [0, 0.05) is 6.42 Å². The van der Waals surface area contributed by atoms with E-state index in [1.165, 1.54) is 0 Å². The summed E-state index contributed by atoms with van der Waals surface area (Å²) >= 11 is 0. The standard InChI is InChI=1S/C8H15BO4/c1-8(2)12-6-3-5(4-10-9)11-7(6)13-8/h5-7H,3-4,9H2,1-2H3. The highest BCUT2D eigenvalue weighted by Gasteiger charge is 2.48. The molecule has 0 spiro atoms. The molecule has 13 heavy (non-hydrogen) atoms. The lowest BCUT2D eigenvalue weighted by Gasteiger charge is -2.20. The van der Waals surface area contributed by atoms with Crippen molar-refractivity contribution in [1.29, 1.82) is 0 Å². The average Bonchev–Trinajstić information content (AvgIpc) is 2.41. The van der Waals surface area contributed by atoms with Crippen molar-refractivity contribution in [1.82, 2.24) is 0 Å². The average molecular weight is 186 g/mol. The van der Waals surface area contributed by atoms with Crippen LogP contribution in [0, 0.1) is 0 Å². The van der Waals surface area contributed by atoms with E-state index in [9.17, 15) is 0 Å². The number of fused-ring (bicyclic) bond motifs is 1. The first-order valence-electron chi connectivity index (χ1n) is 4.61. The molecule has 0 aliphatic carbocycles. The van der Waals surface area contributed by atoms with Gasteiger partial charge in [-0.2, -0.15) is 0 Å². The molecule has 3 atom stereocenters. The Bertz CT molecular complexity index is 181. The second-order valence-electron chi connectivity index (χ2n) is 3.99. The molecule has 2 rings (SSSR count). The van der Waals surface area contributed by atoms with Gasteiger partial charge in [-0.1, -0.05) is 0 Å². The van der Waals surface area contributed by atoms with Crippen molar-refractivity contribution < 1.29 is 18.9 Å². The molecule has 0 N–H and O–H groups in total. The topological polar surface area (TPSA) is 36.9 Å². The summed E-state index contributed by atoms with van der Waals surface area (Å²) in [6.45, 7) is 4.42. The van der Waals surface area contributed by atoms with E-state index < -0.39 is 5.79 Å². The molecule has 0 aromatic heterocycles. The van der Waals surface area contributed by atoms with Crippen LogP contribution >= 0.6 is 0 Å². The molecule has 0 bridgehead atoms. The van der Waals surface area contributed by atoms with Crippen LogP contribution in [0.5, 0.6) is 0 Å². The van der Waals surface area contributed by atoms with Crippen LogP contribution in [0.1, 0.15) is 20.3 Å². The Morgan fingerprint density at radius 1 is 1.46 bits per heavy atom. The Hall–Kier alpha value is -0.0951. The largest absolute Gasteiger partial charge is 0.441 e. The van der Waals surface area contributed by atoms with Gasteiger partial charge in [0.1, 0.15) is 6.10 Å². The third kappa shape index (κ3) is 1.88. The summed E-state index contributed by atoms with van der Waals surface area (Å²) in [4.78, 5) is 0. The lowest BCUT2D eigenvalue weighted by Crippen LogP contribution is -2.26. The molecular formula is C8H15BO4. The van der Waals surface area contributed by atoms with E-state index in [2.05, 4.69) is 0 Å². The monoisotopic (exact) mass is 186 g/mol. The summed E-state index contributed by atoms with van der Waals surface area (Å²) in [6, 6.07) is 0. The lowest BCUT2D eigenvalue weighted by atomic mass is 10.2. The minimum atomic E-state index is -0.493. The number of hydrogen-bond acceptors (Lipinski definition) is 4. The maximum atomic E-state index is 5.65. The SMILES string of the molecule is BOCC1CC2OC(C)(C)OC2O1. The first-order valence-corrected chi connectivity index (χ1v) is 4.61. The summed E-state index contributed by atoms with van der Waals surface area (Å²) in [7, 11) is 1.67. The van der Waals surface area contributed by atoms with Gasteiger partial charge in [-0.15, -0.1) is 0 Å². The molecule has 2 saturated heterocycles. The predicted molar refractivity (Wildman–Crippen MR) is 47.8 cm³/mol. The summed E-state index contributed by atoms with van der Waals surface area (Å²) in [5, 5.41) is 0. The molecule has 0 radical (unpaired) electrons. The van der Waals surface area contributed by atoms with Gasteiger partial charge < -0.3 is 18.9 Å². The Kier molecular flexibility index (Phi) is 2.36. The van der Waals surface area contributed by atoms with Crippen molar-refractivity contribution >= 4 is 8.05 Å². The maximum absolute atomic E-state index is 5.65. The molecular weight excluding hydrogens is 171 g/mol. The first kappa shape index (κ1) is 9.46. The fourth-order valence-corrected chi connectivity index (χ4v) is 1.88. The van der Waals surface area contributed by atoms with E-state index in [0.29, 0.717) is 6.61 Å². The predicted octanol–water partition coefficient (Wildman–Crippen LogP) is -0.182. The van der Waals surface area contributed by atoms with Crippen molar-refractivity contribution in [2.75, 3.05) is 6.61 Å². The second-order valence-corrected chi connectivity index (χ2v) is 3.99. The summed E-state index contributed by atoms with van der Waals surface area (Å²) < 4.78 is 21.8. The van der Waals surface area contributed by atoms with Gasteiger partial charge in [-0.05, 0) is 13.8 Å². The van der Waals surface area contributed by atoms with Crippen LogP contribution in [0.4, 0.5) is 0 Å². The van der Waals surface area contributed by atoms with Gasteiger partial charge in [0.15, 0.2) is 12.1 Å². The van der Waals surface area contributed by atoms with Crippen LogP contribution in [0.25, 0.3) is 0 Å². The van der Waals surface area contributed by atoms with Gasteiger partial charge in [0.05, 0.1) is 12.7 Å². The summed E-state index contributed by atoms with van der Waals surface area (Å²) in [5.74, 6) is -0.493. The Labute approximate surface area is 78.9 Å². The fourth-order valence-electron chi connectivity index (χ4n) is 1.88. The molecule has 2 heterocycles. The minimum Gasteiger partial charge on any atom is -0.441 e. The highest BCUT2D eigenvalue weighted by molar-refractivity contribution is 5.97. The third-order valence-electron chi connectivity index (χ3n) is 2.31. The molecule has 0 aromatic carbocycles. The number of hydrogen-bond donors (Lipinski definition) is 0. The van der Waals surface area contributed by atoms with Crippen molar-refractivity contribution in [2.24, 2.45) is 0 Å². The molecule has 0 aromatic rings. The second kappa shape index (κ2) is 3.24. The lowest BCUT2D eigenvalue weighted by molar-refractivity contribution is -0.206. The zero-order valence-electron chi connectivity index (χ0n) is 8.28. The Morgan fingerprint density at radius 2 is 2.23 bits per heavy atom. The number of ether oxygens (including phenoxy) is 3. The van der Waals surface area contributed by atoms with E-state index >= 15 is 0 Å². The van der Waals surface area contributed by atoms with Gasteiger partial charge in [-0.3, -0.25) is 0 Å². The van der Waals surface area contributed by atoms with Crippen LogP contribution in [-0.4, -0.2) is 38.9 Å². The van der Waals surface area contributed by atoms with E-state index in [-0.39, 0.29) is 18.5 Å². The quantitative estimate of drug-likeness (QED) is 0.560. The zero-order valence-corrected chi connectivity index (χ0v) is 8.28. The van der Waals surface area contributed by atoms with Crippen molar-refractivity contribution in [3.8, 4) is 0 Å². The van der Waals surface area contributed by atoms with Crippen LogP contribution in [-0.2, 0) is 18.9 Å². The third-order valence-corrected chi connectivity index (χ3v) is 2.31. The molecule has 2 aliphatic heterocycles. The van der Waals surface area contributed by atoms with Crippen molar-refractivity contribution in [3.63, 3.8) is 0 Å². The van der Waals surface area contributed by atoms with Crippen LogP contribution < -0.4 is 0 Å². The number of rotatable bonds is 2. The Balaban J connectivity index is 1.90. The van der Waals surface area contributed by atoms with E-state index in [1.807, 2.05) is 13.8 Å². The molecule has 0 amide bonds. The van der Waals surface area contributed by atoms with E-state index in [4.69, 9.17) is 18.9 Å². The zero-order chi connectivity index (χ0) is 9.47. The minimum absolute atomic E-state index is 0.0788. The van der Waals surface area contributed by atoms with Gasteiger partial charge >= 0.3 is 0 Å². The molecule has 2 fully saturated rings.